The summed E-state index contributed by atoms with van der Waals surface area (Å²) in [5, 5.41) is 7.67. The molecule has 1 aromatic carbocycles. The third-order valence-corrected chi connectivity index (χ3v) is 7.13. The van der Waals surface area contributed by atoms with Gasteiger partial charge in [0.1, 0.15) is 6.04 Å². The number of amides is 3. The van der Waals surface area contributed by atoms with Gasteiger partial charge in [0.25, 0.3) is 5.91 Å². The van der Waals surface area contributed by atoms with Crippen LogP contribution >= 0.6 is 11.3 Å². The lowest BCUT2D eigenvalue weighted by molar-refractivity contribution is -0.126. The van der Waals surface area contributed by atoms with Crippen LogP contribution in [0.2, 0.25) is 0 Å². The van der Waals surface area contributed by atoms with E-state index in [2.05, 4.69) is 10.6 Å². The average Bonchev–Trinajstić information content (AvgIpc) is 3.61. The van der Waals surface area contributed by atoms with Crippen molar-refractivity contribution >= 4 is 34.7 Å². The van der Waals surface area contributed by atoms with Crippen LogP contribution in [-0.4, -0.2) is 30.3 Å². The Labute approximate surface area is 203 Å². The Morgan fingerprint density at radius 1 is 1.09 bits per heavy atom. The molecule has 34 heavy (non-hydrogen) atoms. The molecule has 7 nitrogen and oxygen atoms in total. The van der Waals surface area contributed by atoms with Crippen LogP contribution < -0.4 is 15.5 Å². The molecular weight excluding hydrogens is 450 g/mol. The van der Waals surface area contributed by atoms with Crippen LogP contribution in [0, 0.1) is 13.8 Å². The molecule has 3 amide bonds. The molecule has 0 spiro atoms. The van der Waals surface area contributed by atoms with Crippen LogP contribution in [0.4, 0.5) is 5.69 Å². The highest BCUT2D eigenvalue weighted by Crippen LogP contribution is 2.32. The summed E-state index contributed by atoms with van der Waals surface area (Å²) >= 11 is 1.43. The molecule has 1 saturated carbocycles. The molecule has 0 aliphatic heterocycles. The molecule has 1 atom stereocenters. The maximum Gasteiger partial charge on any atom is 0.287 e. The average molecular weight is 480 g/mol. The van der Waals surface area contributed by atoms with Crippen LogP contribution in [0.25, 0.3) is 0 Å². The topological polar surface area (TPSA) is 91.7 Å². The first-order valence-corrected chi connectivity index (χ1v) is 12.4. The number of anilines is 1. The van der Waals surface area contributed by atoms with Gasteiger partial charge in [0.2, 0.25) is 11.8 Å². The zero-order valence-corrected chi connectivity index (χ0v) is 20.2. The SMILES string of the molecule is Cc1ccc(N(C(=O)CNC(=O)c2ccco2)[C@H](C(=O)NC2CCCC2)c2cccs2)cc1C. The van der Waals surface area contributed by atoms with Crippen LogP contribution in [-0.2, 0) is 9.59 Å². The van der Waals surface area contributed by atoms with Crippen LogP contribution in [0.3, 0.4) is 0 Å². The highest BCUT2D eigenvalue weighted by atomic mass is 32.1. The second-order valence-electron chi connectivity index (χ2n) is 8.60. The fourth-order valence-corrected chi connectivity index (χ4v) is 5.03. The van der Waals surface area contributed by atoms with Gasteiger partial charge in [-0.2, -0.15) is 0 Å². The lowest BCUT2D eigenvalue weighted by Gasteiger charge is -2.32. The van der Waals surface area contributed by atoms with Gasteiger partial charge in [0.05, 0.1) is 12.8 Å². The fraction of sp³-hybridized carbons (Fsp3) is 0.346. The third-order valence-electron chi connectivity index (χ3n) is 6.20. The number of aryl methyl sites for hydroxylation is 2. The molecule has 0 unspecified atom stereocenters. The van der Waals surface area contributed by atoms with E-state index in [1.165, 1.54) is 28.6 Å². The minimum atomic E-state index is -0.837. The van der Waals surface area contributed by atoms with Crippen molar-refractivity contribution in [3.8, 4) is 0 Å². The van der Waals surface area contributed by atoms with Gasteiger partial charge in [-0.15, -0.1) is 11.3 Å². The van der Waals surface area contributed by atoms with Crippen LogP contribution in [0.15, 0.2) is 58.5 Å². The minimum absolute atomic E-state index is 0.116. The van der Waals surface area contributed by atoms with Crippen LogP contribution in [0.1, 0.15) is 58.3 Å². The largest absolute Gasteiger partial charge is 0.459 e. The second kappa shape index (κ2) is 10.7. The Kier molecular flexibility index (Phi) is 7.47. The van der Waals surface area contributed by atoms with E-state index in [4.69, 9.17) is 4.42 Å². The molecule has 8 heteroatoms. The van der Waals surface area contributed by atoms with Gasteiger partial charge >= 0.3 is 0 Å². The van der Waals surface area contributed by atoms with Gasteiger partial charge in [-0.25, -0.2) is 0 Å². The molecule has 4 rings (SSSR count). The van der Waals surface area contributed by atoms with Gasteiger partial charge in [-0.3, -0.25) is 19.3 Å². The van der Waals surface area contributed by atoms with Crippen molar-refractivity contribution in [1.82, 2.24) is 10.6 Å². The Morgan fingerprint density at radius 3 is 2.53 bits per heavy atom. The zero-order chi connectivity index (χ0) is 24.1. The highest BCUT2D eigenvalue weighted by Gasteiger charge is 2.35. The number of furan rings is 1. The van der Waals surface area contributed by atoms with E-state index in [0.29, 0.717) is 5.69 Å². The molecule has 2 N–H and O–H groups in total. The summed E-state index contributed by atoms with van der Waals surface area (Å²) in [7, 11) is 0. The van der Waals surface area contributed by atoms with Gasteiger partial charge in [-0.05, 0) is 73.5 Å². The number of hydrogen-bond donors (Lipinski definition) is 2. The number of hydrogen-bond acceptors (Lipinski definition) is 5. The van der Waals surface area contributed by atoms with Gasteiger partial charge in [-0.1, -0.05) is 25.0 Å². The van der Waals surface area contributed by atoms with E-state index >= 15 is 0 Å². The Balaban J connectivity index is 1.66. The number of carbonyl (C=O) groups excluding carboxylic acids is 3. The number of carbonyl (C=O) groups is 3. The van der Waals surface area contributed by atoms with Gasteiger partial charge in [0.15, 0.2) is 5.76 Å². The van der Waals surface area contributed by atoms with E-state index in [1.54, 1.807) is 6.07 Å². The Morgan fingerprint density at radius 2 is 1.88 bits per heavy atom. The molecule has 2 aromatic heterocycles. The summed E-state index contributed by atoms with van der Waals surface area (Å²) in [6.45, 7) is 3.70. The molecule has 1 fully saturated rings. The van der Waals surface area contributed by atoms with Crippen LogP contribution in [0.5, 0.6) is 0 Å². The number of rotatable bonds is 8. The number of benzene rings is 1. The molecule has 1 aliphatic rings. The van der Waals surface area contributed by atoms with Gasteiger partial charge in [0, 0.05) is 16.6 Å². The van der Waals surface area contributed by atoms with E-state index in [9.17, 15) is 14.4 Å². The van der Waals surface area contributed by atoms with Crippen molar-refractivity contribution in [3.63, 3.8) is 0 Å². The lowest BCUT2D eigenvalue weighted by Crippen LogP contribution is -2.49. The maximum atomic E-state index is 13.6. The van der Waals surface area contributed by atoms with Crippen molar-refractivity contribution < 1.29 is 18.8 Å². The predicted molar refractivity (Wildman–Crippen MR) is 132 cm³/mol. The standard InChI is InChI=1S/C26H29N3O4S/c1-17-11-12-20(15-18(17)2)29(23(30)16-27-25(31)21-9-5-13-33-21)24(22-10-6-14-34-22)26(32)28-19-7-3-4-8-19/h5-6,9-15,19,24H,3-4,7-8,16H2,1-2H3,(H,27,31)(H,28,32)/t24-/m0/s1. The minimum Gasteiger partial charge on any atom is -0.459 e. The van der Waals surface area contributed by atoms with Gasteiger partial charge < -0.3 is 15.1 Å². The highest BCUT2D eigenvalue weighted by molar-refractivity contribution is 7.10. The normalized spacial score (nSPS) is 14.5. The Hall–Kier alpha value is -3.39. The second-order valence-corrected chi connectivity index (χ2v) is 9.58. The predicted octanol–water partition coefficient (Wildman–Crippen LogP) is 4.52. The quantitative estimate of drug-likeness (QED) is 0.497. The van der Waals surface area contributed by atoms with E-state index in [0.717, 1.165) is 41.7 Å². The fourth-order valence-electron chi connectivity index (χ4n) is 4.22. The molecule has 0 saturated heterocycles. The van der Waals surface area contributed by atoms with E-state index in [1.807, 2.05) is 49.6 Å². The summed E-state index contributed by atoms with van der Waals surface area (Å²) < 4.78 is 5.12. The molecule has 3 aromatic rings. The first-order chi connectivity index (χ1) is 16.4. The maximum absolute atomic E-state index is 13.6. The molecule has 0 bridgehead atoms. The zero-order valence-electron chi connectivity index (χ0n) is 19.4. The van der Waals surface area contributed by atoms with Crippen molar-refractivity contribution in [2.24, 2.45) is 0 Å². The van der Waals surface area contributed by atoms with E-state index in [-0.39, 0.29) is 30.2 Å². The Bertz CT molecular complexity index is 1140. The van der Waals surface area contributed by atoms with Crippen molar-refractivity contribution in [3.05, 3.63) is 75.9 Å². The lowest BCUT2D eigenvalue weighted by atomic mass is 10.1. The molecule has 1 aliphatic carbocycles. The third kappa shape index (κ3) is 5.39. The monoisotopic (exact) mass is 479 g/mol. The molecule has 0 radical (unpaired) electrons. The first-order valence-electron chi connectivity index (χ1n) is 11.5. The first kappa shape index (κ1) is 23.8. The van der Waals surface area contributed by atoms with Crippen molar-refractivity contribution in [2.45, 2.75) is 51.6 Å². The number of thiophene rings is 1. The molecule has 178 valence electrons. The summed E-state index contributed by atoms with van der Waals surface area (Å²) in [6.07, 6.45) is 5.47. The number of nitrogens with one attached hydrogen (secondary N) is 2. The smallest absolute Gasteiger partial charge is 0.287 e. The van der Waals surface area contributed by atoms with Crippen molar-refractivity contribution in [2.75, 3.05) is 11.4 Å². The summed E-state index contributed by atoms with van der Waals surface area (Å²) in [5.41, 5.74) is 2.71. The summed E-state index contributed by atoms with van der Waals surface area (Å²) in [4.78, 5) is 41.8. The van der Waals surface area contributed by atoms with E-state index < -0.39 is 11.9 Å². The van der Waals surface area contributed by atoms with Crippen molar-refractivity contribution in [1.29, 1.82) is 0 Å². The molecular formula is C26H29N3O4S. The summed E-state index contributed by atoms with van der Waals surface area (Å²) in [5.74, 6) is -0.956. The number of nitrogens with zero attached hydrogens (tertiary/aromatic N) is 1. The molecule has 2 heterocycles. The summed E-state index contributed by atoms with van der Waals surface area (Å²) in [6, 6.07) is 11.9.